The number of aliphatic hydroxyl groups excluding tert-OH is 1. The van der Waals surface area contributed by atoms with Crippen LogP contribution in [0.15, 0.2) is 59.5 Å². The molecule has 2 aromatic rings. The molecule has 0 aromatic heterocycles. The molecule has 0 amide bonds. The van der Waals surface area contributed by atoms with Gasteiger partial charge < -0.3 is 14.6 Å². The van der Waals surface area contributed by atoms with E-state index in [4.69, 9.17) is 25.3 Å². The van der Waals surface area contributed by atoms with Gasteiger partial charge in [-0.1, -0.05) is 48.0 Å². The van der Waals surface area contributed by atoms with Crippen molar-refractivity contribution in [3.63, 3.8) is 0 Å². The maximum Gasteiger partial charge on any atom is 0.297 e. The molecule has 0 aliphatic heterocycles. The Kier molecular flexibility index (Phi) is 9.37. The van der Waals surface area contributed by atoms with Crippen molar-refractivity contribution in [1.82, 2.24) is 0 Å². The summed E-state index contributed by atoms with van der Waals surface area (Å²) in [6, 6.07) is 16.0. The largest absolute Gasteiger partial charge is 0.388 e. The SMILES string of the molecule is Cc1ccc(S(=O)(=O)OC[C@@H](O)CO[C@@H](CCl)COCc2ccccc2)cc1. The highest BCUT2D eigenvalue weighted by molar-refractivity contribution is 7.86. The van der Waals surface area contributed by atoms with Crippen molar-refractivity contribution in [2.75, 3.05) is 25.7 Å². The fraction of sp³-hybridized carbons (Fsp3) is 0.400. The van der Waals surface area contributed by atoms with E-state index in [-0.39, 0.29) is 24.0 Å². The summed E-state index contributed by atoms with van der Waals surface area (Å²) in [4.78, 5) is 0.0409. The van der Waals surface area contributed by atoms with Crippen LogP contribution in [0, 0.1) is 6.92 Å². The molecule has 0 fully saturated rings. The first kappa shape index (κ1) is 22.8. The molecule has 28 heavy (non-hydrogen) atoms. The number of rotatable bonds is 12. The summed E-state index contributed by atoms with van der Waals surface area (Å²) in [6.45, 7) is 2.02. The third-order valence-electron chi connectivity index (χ3n) is 3.84. The molecule has 0 aliphatic rings. The molecular weight excluding hydrogens is 404 g/mol. The van der Waals surface area contributed by atoms with Gasteiger partial charge in [0.15, 0.2) is 0 Å². The Bertz CT molecular complexity index is 795. The zero-order valence-electron chi connectivity index (χ0n) is 15.7. The first-order chi connectivity index (χ1) is 13.4. The fourth-order valence-corrected chi connectivity index (χ4v) is 3.38. The second-order valence-corrected chi connectivity index (χ2v) is 8.24. The molecule has 2 rings (SSSR count). The van der Waals surface area contributed by atoms with E-state index < -0.39 is 28.9 Å². The predicted molar refractivity (Wildman–Crippen MR) is 107 cm³/mol. The highest BCUT2D eigenvalue weighted by atomic mass is 35.5. The van der Waals surface area contributed by atoms with Crippen LogP contribution in [-0.2, 0) is 30.4 Å². The lowest BCUT2D eigenvalue weighted by Gasteiger charge is -2.18. The Morgan fingerprint density at radius 2 is 1.68 bits per heavy atom. The predicted octanol–water partition coefficient (Wildman–Crippen LogP) is 2.90. The van der Waals surface area contributed by atoms with E-state index in [1.54, 1.807) is 12.1 Å². The Balaban J connectivity index is 1.71. The van der Waals surface area contributed by atoms with Gasteiger partial charge in [0.05, 0.1) is 43.3 Å². The number of alkyl halides is 1. The number of aliphatic hydroxyl groups is 1. The lowest BCUT2D eigenvalue weighted by molar-refractivity contribution is -0.0505. The molecular formula is C20H25ClO6S. The first-order valence-corrected chi connectivity index (χ1v) is 10.8. The summed E-state index contributed by atoms with van der Waals surface area (Å²) in [6.07, 6.45) is -1.53. The van der Waals surface area contributed by atoms with Crippen LogP contribution in [0.2, 0.25) is 0 Å². The fourth-order valence-electron chi connectivity index (χ4n) is 2.26. The van der Waals surface area contributed by atoms with Gasteiger partial charge in [-0.05, 0) is 24.6 Å². The minimum atomic E-state index is -3.93. The average molecular weight is 429 g/mol. The van der Waals surface area contributed by atoms with Crippen LogP contribution in [0.4, 0.5) is 0 Å². The van der Waals surface area contributed by atoms with Crippen LogP contribution in [0.1, 0.15) is 11.1 Å². The van der Waals surface area contributed by atoms with Gasteiger partial charge in [-0.25, -0.2) is 0 Å². The van der Waals surface area contributed by atoms with Crippen molar-refractivity contribution < 1.29 is 27.2 Å². The van der Waals surface area contributed by atoms with Crippen LogP contribution in [0.25, 0.3) is 0 Å². The summed E-state index contributed by atoms with van der Waals surface area (Å²) < 4.78 is 40.2. The van der Waals surface area contributed by atoms with Crippen molar-refractivity contribution in [2.45, 2.75) is 30.6 Å². The Morgan fingerprint density at radius 1 is 1.00 bits per heavy atom. The molecule has 8 heteroatoms. The molecule has 0 saturated heterocycles. The molecule has 0 spiro atoms. The molecule has 2 aromatic carbocycles. The van der Waals surface area contributed by atoms with Gasteiger partial charge in [0, 0.05) is 0 Å². The second-order valence-electron chi connectivity index (χ2n) is 6.32. The molecule has 0 saturated carbocycles. The molecule has 0 heterocycles. The zero-order chi connectivity index (χ0) is 20.4. The van der Waals surface area contributed by atoms with Crippen molar-refractivity contribution in [3.8, 4) is 0 Å². The van der Waals surface area contributed by atoms with Gasteiger partial charge in [0.2, 0.25) is 0 Å². The van der Waals surface area contributed by atoms with Crippen molar-refractivity contribution in [2.24, 2.45) is 0 Å². The molecule has 0 aliphatic carbocycles. The number of halogens is 1. The second kappa shape index (κ2) is 11.5. The zero-order valence-corrected chi connectivity index (χ0v) is 17.2. The van der Waals surface area contributed by atoms with E-state index in [1.807, 2.05) is 37.3 Å². The summed E-state index contributed by atoms with van der Waals surface area (Å²) in [5.74, 6) is 0.185. The average Bonchev–Trinajstić information content (AvgIpc) is 2.70. The third kappa shape index (κ3) is 7.87. The van der Waals surface area contributed by atoms with Gasteiger partial charge in [0.25, 0.3) is 10.1 Å². The summed E-state index contributed by atoms with van der Waals surface area (Å²) in [7, 11) is -3.93. The summed E-state index contributed by atoms with van der Waals surface area (Å²) in [5.41, 5.74) is 1.97. The molecule has 1 N–H and O–H groups in total. The number of benzene rings is 2. The van der Waals surface area contributed by atoms with Crippen LogP contribution in [0.5, 0.6) is 0 Å². The van der Waals surface area contributed by atoms with Crippen LogP contribution < -0.4 is 0 Å². The van der Waals surface area contributed by atoms with Gasteiger partial charge in [-0.15, -0.1) is 11.6 Å². The monoisotopic (exact) mass is 428 g/mol. The van der Waals surface area contributed by atoms with Crippen molar-refractivity contribution in [1.29, 1.82) is 0 Å². The molecule has 154 valence electrons. The maximum atomic E-state index is 12.1. The minimum Gasteiger partial charge on any atom is -0.388 e. The van der Waals surface area contributed by atoms with Gasteiger partial charge in [0.1, 0.15) is 6.10 Å². The normalized spacial score (nSPS) is 14.0. The molecule has 0 radical (unpaired) electrons. The molecule has 0 unspecified atom stereocenters. The molecule has 2 atom stereocenters. The summed E-state index contributed by atoms with van der Waals surface area (Å²) >= 11 is 5.86. The Labute approximate surface area is 171 Å². The third-order valence-corrected chi connectivity index (χ3v) is 5.48. The van der Waals surface area contributed by atoms with E-state index in [1.165, 1.54) is 12.1 Å². The number of hydrogen-bond donors (Lipinski definition) is 1. The van der Waals surface area contributed by atoms with Gasteiger partial charge in [-0.2, -0.15) is 8.42 Å². The first-order valence-electron chi connectivity index (χ1n) is 8.84. The lowest BCUT2D eigenvalue weighted by atomic mass is 10.2. The highest BCUT2D eigenvalue weighted by Crippen LogP contribution is 2.13. The standard InChI is InChI=1S/C20H25ClO6S/c1-16-7-9-20(10-8-16)28(23,24)27-14-18(22)13-26-19(11-21)15-25-12-17-5-3-2-4-6-17/h2-10,18-19,22H,11-15H2,1H3/t18-,19-/m0/s1. The molecule has 6 nitrogen and oxygen atoms in total. The van der Waals surface area contributed by atoms with Gasteiger partial charge in [-0.3, -0.25) is 4.18 Å². The minimum absolute atomic E-state index is 0.0409. The Morgan fingerprint density at radius 3 is 2.32 bits per heavy atom. The van der Waals surface area contributed by atoms with Crippen molar-refractivity contribution in [3.05, 3.63) is 65.7 Å². The summed E-state index contributed by atoms with van der Waals surface area (Å²) in [5, 5.41) is 9.95. The van der Waals surface area contributed by atoms with Crippen molar-refractivity contribution >= 4 is 21.7 Å². The van der Waals surface area contributed by atoms with E-state index in [0.717, 1.165) is 11.1 Å². The molecule has 0 bridgehead atoms. The number of hydrogen-bond acceptors (Lipinski definition) is 6. The quantitative estimate of drug-likeness (QED) is 0.413. The number of aryl methyl sites for hydroxylation is 1. The Hall–Kier alpha value is -1.48. The van der Waals surface area contributed by atoms with Gasteiger partial charge >= 0.3 is 0 Å². The van der Waals surface area contributed by atoms with E-state index in [2.05, 4.69) is 0 Å². The highest BCUT2D eigenvalue weighted by Gasteiger charge is 2.18. The van der Waals surface area contributed by atoms with E-state index >= 15 is 0 Å². The lowest BCUT2D eigenvalue weighted by Crippen LogP contribution is -2.30. The van der Waals surface area contributed by atoms with E-state index in [0.29, 0.717) is 6.61 Å². The number of ether oxygens (including phenoxy) is 2. The van der Waals surface area contributed by atoms with Crippen LogP contribution in [0.3, 0.4) is 0 Å². The van der Waals surface area contributed by atoms with E-state index in [9.17, 15) is 13.5 Å². The smallest absolute Gasteiger partial charge is 0.297 e. The van der Waals surface area contributed by atoms with Crippen LogP contribution in [-0.4, -0.2) is 51.4 Å². The topological polar surface area (TPSA) is 82.1 Å². The maximum absolute atomic E-state index is 12.1. The van der Waals surface area contributed by atoms with Crippen LogP contribution >= 0.6 is 11.6 Å².